The van der Waals surface area contributed by atoms with Gasteiger partial charge in [0.15, 0.2) is 0 Å². The Morgan fingerprint density at radius 2 is 1.59 bits per heavy atom. The summed E-state index contributed by atoms with van der Waals surface area (Å²) in [6.07, 6.45) is 1.45. The quantitative estimate of drug-likeness (QED) is 0.777. The molecule has 1 N–H and O–H groups in total. The van der Waals surface area contributed by atoms with E-state index in [0.29, 0.717) is 35.5 Å². The Balaban J connectivity index is 1.93. The first kappa shape index (κ1) is 21.4. The minimum Gasteiger partial charge on any atom is -0.378 e. The fourth-order valence-electron chi connectivity index (χ4n) is 3.61. The maximum Gasteiger partial charge on any atom is 0.262 e. The van der Waals surface area contributed by atoms with Gasteiger partial charge in [0.25, 0.3) is 10.0 Å². The number of sulfonamides is 2. The zero-order chi connectivity index (χ0) is 21.4. The molecule has 1 heterocycles. The van der Waals surface area contributed by atoms with Crippen molar-refractivity contribution in [3.05, 3.63) is 47.5 Å². The van der Waals surface area contributed by atoms with Crippen LogP contribution in [-0.2, 0) is 20.0 Å². The predicted molar refractivity (Wildman–Crippen MR) is 118 cm³/mol. The first-order valence-corrected chi connectivity index (χ1v) is 12.5. The second-order valence-corrected chi connectivity index (χ2v) is 11.2. The fraction of sp³-hybridized carbons (Fsp3) is 0.400. The summed E-state index contributed by atoms with van der Waals surface area (Å²) in [6.45, 7) is 3.80. The summed E-state index contributed by atoms with van der Waals surface area (Å²) in [7, 11) is -3.34. The predicted octanol–water partition coefficient (Wildman–Crippen LogP) is 3.10. The molecule has 2 aromatic rings. The van der Waals surface area contributed by atoms with E-state index in [4.69, 9.17) is 0 Å². The smallest absolute Gasteiger partial charge is 0.262 e. The van der Waals surface area contributed by atoms with Gasteiger partial charge in [-0.1, -0.05) is 0 Å². The molecule has 0 unspecified atom stereocenters. The van der Waals surface area contributed by atoms with Crippen molar-refractivity contribution in [1.82, 2.24) is 0 Å². The van der Waals surface area contributed by atoms with E-state index in [9.17, 15) is 16.8 Å². The van der Waals surface area contributed by atoms with Crippen LogP contribution in [0.3, 0.4) is 0 Å². The Bertz CT molecular complexity index is 1090. The van der Waals surface area contributed by atoms with E-state index >= 15 is 0 Å². The maximum absolute atomic E-state index is 13.0. The lowest BCUT2D eigenvalue weighted by Crippen LogP contribution is -2.38. The molecule has 7 nitrogen and oxygen atoms in total. The lowest BCUT2D eigenvalue weighted by molar-refractivity contribution is 0.574. The fourth-order valence-corrected chi connectivity index (χ4v) is 6.75. The zero-order valence-corrected chi connectivity index (χ0v) is 18.8. The molecule has 0 aliphatic carbocycles. The van der Waals surface area contributed by atoms with Gasteiger partial charge in [0.2, 0.25) is 10.0 Å². The minimum atomic E-state index is -3.82. The molecule has 1 fully saturated rings. The summed E-state index contributed by atoms with van der Waals surface area (Å²) < 4.78 is 54.8. The molecule has 158 valence electrons. The number of hydrogen-bond donors (Lipinski definition) is 1. The van der Waals surface area contributed by atoms with Crippen molar-refractivity contribution in [3.63, 3.8) is 0 Å². The lowest BCUT2D eigenvalue weighted by Gasteiger charge is -2.29. The molecule has 0 saturated carbocycles. The number of rotatable bonds is 5. The third kappa shape index (κ3) is 4.51. The Kier molecular flexibility index (Phi) is 5.82. The third-order valence-corrected chi connectivity index (χ3v) is 8.54. The van der Waals surface area contributed by atoms with E-state index in [2.05, 4.69) is 4.72 Å². The van der Waals surface area contributed by atoms with Crippen molar-refractivity contribution in [1.29, 1.82) is 0 Å². The Hall–Kier alpha value is -2.26. The van der Waals surface area contributed by atoms with Crippen LogP contribution in [0.2, 0.25) is 0 Å². The largest absolute Gasteiger partial charge is 0.378 e. The van der Waals surface area contributed by atoms with Gasteiger partial charge in [0, 0.05) is 32.0 Å². The average molecular weight is 438 g/mol. The summed E-state index contributed by atoms with van der Waals surface area (Å²) in [5, 5.41) is 0. The highest BCUT2D eigenvalue weighted by Crippen LogP contribution is 2.31. The van der Waals surface area contributed by atoms with Gasteiger partial charge in [-0.05, 0) is 74.2 Å². The molecule has 0 bridgehead atoms. The van der Waals surface area contributed by atoms with Gasteiger partial charge in [-0.15, -0.1) is 0 Å². The molecule has 0 radical (unpaired) electrons. The summed E-state index contributed by atoms with van der Waals surface area (Å²) in [5.74, 6) is 0.121. The number of anilines is 3. The van der Waals surface area contributed by atoms with Crippen molar-refractivity contribution in [3.8, 4) is 0 Å². The summed E-state index contributed by atoms with van der Waals surface area (Å²) in [6, 6.07) is 10.4. The van der Waals surface area contributed by atoms with Crippen LogP contribution in [0.1, 0.15) is 24.0 Å². The van der Waals surface area contributed by atoms with E-state index in [1.54, 1.807) is 38.1 Å². The topological polar surface area (TPSA) is 86.8 Å². The second kappa shape index (κ2) is 7.87. The maximum atomic E-state index is 13.0. The normalized spacial score (nSPS) is 16.5. The van der Waals surface area contributed by atoms with Crippen molar-refractivity contribution in [2.75, 3.05) is 40.3 Å². The van der Waals surface area contributed by atoms with Crippen LogP contribution in [0.5, 0.6) is 0 Å². The van der Waals surface area contributed by atoms with Crippen molar-refractivity contribution < 1.29 is 16.8 Å². The highest BCUT2D eigenvalue weighted by Gasteiger charge is 2.28. The number of benzene rings is 2. The van der Waals surface area contributed by atoms with Crippen LogP contribution in [0.25, 0.3) is 0 Å². The molecule has 0 amide bonds. The standard InChI is InChI=1S/C20H27N3O4S2/c1-15-13-19(23-11-5-6-12-28(23,24)25)14-16(2)20(15)29(26,27)21-17-7-9-18(10-8-17)22(3)4/h7-10,13-14,21H,5-6,11-12H2,1-4H3. The number of nitrogens with zero attached hydrogens (tertiary/aromatic N) is 2. The van der Waals surface area contributed by atoms with Crippen LogP contribution in [-0.4, -0.2) is 43.2 Å². The minimum absolute atomic E-state index is 0.121. The molecule has 3 rings (SSSR count). The molecular weight excluding hydrogens is 410 g/mol. The van der Waals surface area contributed by atoms with Gasteiger partial charge in [-0.2, -0.15) is 0 Å². The molecular formula is C20H27N3O4S2. The molecule has 9 heteroatoms. The first-order chi connectivity index (χ1) is 13.5. The zero-order valence-electron chi connectivity index (χ0n) is 17.1. The van der Waals surface area contributed by atoms with Gasteiger partial charge >= 0.3 is 0 Å². The van der Waals surface area contributed by atoms with Gasteiger partial charge in [0.1, 0.15) is 0 Å². The van der Waals surface area contributed by atoms with Gasteiger partial charge in [0.05, 0.1) is 16.3 Å². The van der Waals surface area contributed by atoms with Crippen LogP contribution in [0.15, 0.2) is 41.3 Å². The van der Waals surface area contributed by atoms with Crippen LogP contribution in [0.4, 0.5) is 17.1 Å². The Labute approximate surface area is 173 Å². The Morgan fingerprint density at radius 1 is 1.00 bits per heavy atom. The van der Waals surface area contributed by atoms with E-state index < -0.39 is 20.0 Å². The van der Waals surface area contributed by atoms with E-state index in [1.165, 1.54) is 4.31 Å². The highest BCUT2D eigenvalue weighted by atomic mass is 32.2. The molecule has 1 aliphatic rings. The number of nitrogens with one attached hydrogen (secondary N) is 1. The summed E-state index contributed by atoms with van der Waals surface area (Å²) >= 11 is 0. The van der Waals surface area contributed by atoms with Crippen LogP contribution in [0, 0.1) is 13.8 Å². The van der Waals surface area contributed by atoms with Crippen molar-refractivity contribution >= 4 is 37.1 Å². The lowest BCUT2D eigenvalue weighted by atomic mass is 10.1. The van der Waals surface area contributed by atoms with Crippen LogP contribution >= 0.6 is 0 Å². The summed E-state index contributed by atoms with van der Waals surface area (Å²) in [4.78, 5) is 2.10. The van der Waals surface area contributed by atoms with Gasteiger partial charge in [-0.3, -0.25) is 9.03 Å². The number of hydrogen-bond acceptors (Lipinski definition) is 5. The second-order valence-electron chi connectivity index (χ2n) is 7.55. The molecule has 0 spiro atoms. The van der Waals surface area contributed by atoms with Gasteiger partial charge < -0.3 is 4.90 Å². The van der Waals surface area contributed by atoms with Crippen molar-refractivity contribution in [2.24, 2.45) is 0 Å². The monoisotopic (exact) mass is 437 g/mol. The molecule has 1 aliphatic heterocycles. The highest BCUT2D eigenvalue weighted by molar-refractivity contribution is 7.93. The first-order valence-electron chi connectivity index (χ1n) is 9.43. The molecule has 0 aromatic heterocycles. The molecule has 0 atom stereocenters. The molecule has 1 saturated heterocycles. The van der Waals surface area contributed by atoms with E-state index in [1.807, 2.05) is 31.1 Å². The SMILES string of the molecule is Cc1cc(N2CCCCS2(=O)=O)cc(C)c1S(=O)(=O)Nc1ccc(N(C)C)cc1. The number of aryl methyl sites for hydroxylation is 2. The molecule has 29 heavy (non-hydrogen) atoms. The Morgan fingerprint density at radius 3 is 2.10 bits per heavy atom. The molecule has 2 aromatic carbocycles. The summed E-state index contributed by atoms with van der Waals surface area (Å²) in [5.41, 5.74) is 2.98. The van der Waals surface area contributed by atoms with Gasteiger partial charge in [-0.25, -0.2) is 16.8 Å². The average Bonchev–Trinajstić information content (AvgIpc) is 2.60. The third-order valence-electron chi connectivity index (χ3n) is 4.99. The van der Waals surface area contributed by atoms with E-state index in [-0.39, 0.29) is 10.6 Å². The van der Waals surface area contributed by atoms with Crippen LogP contribution < -0.4 is 13.9 Å². The van der Waals surface area contributed by atoms with Crippen molar-refractivity contribution in [2.45, 2.75) is 31.6 Å². The van der Waals surface area contributed by atoms with E-state index in [0.717, 1.165) is 12.1 Å².